The standard InChI is InChI=1S/C10H10BrF2NO2/c1-3-16-10(15)7-5(2)14-4-6(11)8(7)9(12)13/h4,9H,3H2,1-2H3. The molecule has 6 heteroatoms. The Labute approximate surface area is 99.9 Å². The second kappa shape index (κ2) is 5.34. The Morgan fingerprint density at radius 2 is 2.25 bits per heavy atom. The smallest absolute Gasteiger partial charge is 0.340 e. The van der Waals surface area contributed by atoms with Gasteiger partial charge in [-0.05, 0) is 29.8 Å². The summed E-state index contributed by atoms with van der Waals surface area (Å²) < 4.78 is 30.4. The molecule has 88 valence electrons. The number of pyridine rings is 1. The Balaban J connectivity index is 3.34. The van der Waals surface area contributed by atoms with Crippen LogP contribution in [0.15, 0.2) is 10.7 Å². The third-order valence-electron chi connectivity index (χ3n) is 1.96. The van der Waals surface area contributed by atoms with E-state index >= 15 is 0 Å². The maximum absolute atomic E-state index is 12.8. The predicted molar refractivity (Wildman–Crippen MR) is 57.6 cm³/mol. The first kappa shape index (κ1) is 13.0. The average molecular weight is 294 g/mol. The van der Waals surface area contributed by atoms with Gasteiger partial charge in [0.15, 0.2) is 0 Å². The lowest BCUT2D eigenvalue weighted by molar-refractivity contribution is 0.0513. The Bertz CT molecular complexity index is 410. The maximum Gasteiger partial charge on any atom is 0.340 e. The highest BCUT2D eigenvalue weighted by Crippen LogP contribution is 2.31. The Morgan fingerprint density at radius 1 is 1.62 bits per heavy atom. The Morgan fingerprint density at radius 3 is 2.75 bits per heavy atom. The van der Waals surface area contributed by atoms with Crippen LogP contribution in [-0.2, 0) is 4.74 Å². The molecule has 0 radical (unpaired) electrons. The zero-order valence-electron chi connectivity index (χ0n) is 8.76. The van der Waals surface area contributed by atoms with Gasteiger partial charge in [-0.1, -0.05) is 0 Å². The van der Waals surface area contributed by atoms with E-state index in [1.807, 2.05) is 0 Å². The first-order valence-corrected chi connectivity index (χ1v) is 5.38. The molecule has 0 aliphatic carbocycles. The number of hydrogen-bond acceptors (Lipinski definition) is 3. The lowest BCUT2D eigenvalue weighted by Gasteiger charge is -2.11. The second-order valence-corrected chi connectivity index (χ2v) is 3.86. The molecule has 1 rings (SSSR count). The van der Waals surface area contributed by atoms with E-state index in [4.69, 9.17) is 4.74 Å². The molecule has 1 heterocycles. The van der Waals surface area contributed by atoms with Gasteiger partial charge in [-0.2, -0.15) is 0 Å². The van der Waals surface area contributed by atoms with Crippen LogP contribution >= 0.6 is 15.9 Å². The number of rotatable bonds is 3. The molecule has 0 amide bonds. The van der Waals surface area contributed by atoms with E-state index in [2.05, 4.69) is 20.9 Å². The molecule has 1 aromatic rings. The number of carbonyl (C=O) groups is 1. The van der Waals surface area contributed by atoms with Gasteiger partial charge in [0.05, 0.1) is 17.9 Å². The van der Waals surface area contributed by atoms with Gasteiger partial charge in [0.2, 0.25) is 0 Å². The van der Waals surface area contributed by atoms with Crippen molar-refractivity contribution < 1.29 is 18.3 Å². The summed E-state index contributed by atoms with van der Waals surface area (Å²) >= 11 is 2.95. The van der Waals surface area contributed by atoms with Crippen LogP contribution in [0.2, 0.25) is 0 Å². The maximum atomic E-state index is 12.8. The van der Waals surface area contributed by atoms with Crippen LogP contribution in [0, 0.1) is 6.92 Å². The topological polar surface area (TPSA) is 39.2 Å². The van der Waals surface area contributed by atoms with Gasteiger partial charge in [-0.25, -0.2) is 13.6 Å². The SMILES string of the molecule is CCOC(=O)c1c(C)ncc(Br)c1C(F)F. The van der Waals surface area contributed by atoms with Crippen LogP contribution in [-0.4, -0.2) is 17.6 Å². The molecule has 1 aromatic heterocycles. The highest BCUT2D eigenvalue weighted by molar-refractivity contribution is 9.10. The zero-order valence-corrected chi connectivity index (χ0v) is 10.3. The Hall–Kier alpha value is -1.04. The third kappa shape index (κ3) is 2.55. The third-order valence-corrected chi connectivity index (χ3v) is 2.59. The van der Waals surface area contributed by atoms with Gasteiger partial charge in [-0.3, -0.25) is 4.98 Å². The summed E-state index contributed by atoms with van der Waals surface area (Å²) in [6, 6.07) is 0. The summed E-state index contributed by atoms with van der Waals surface area (Å²) in [5.74, 6) is -0.774. The normalized spacial score (nSPS) is 10.6. The monoisotopic (exact) mass is 293 g/mol. The molecule has 0 atom stereocenters. The number of hydrogen-bond donors (Lipinski definition) is 0. The molecule has 3 nitrogen and oxygen atoms in total. The van der Waals surface area contributed by atoms with Crippen molar-refractivity contribution in [2.45, 2.75) is 20.3 Å². The van der Waals surface area contributed by atoms with Gasteiger partial charge < -0.3 is 4.74 Å². The zero-order chi connectivity index (χ0) is 12.3. The van der Waals surface area contributed by atoms with Crippen molar-refractivity contribution in [3.63, 3.8) is 0 Å². The molecule has 0 aromatic carbocycles. The minimum Gasteiger partial charge on any atom is -0.462 e. The minimum atomic E-state index is -2.75. The average Bonchev–Trinajstić information content (AvgIpc) is 2.20. The van der Waals surface area contributed by atoms with Crippen molar-refractivity contribution in [3.8, 4) is 0 Å². The molecule has 0 spiro atoms. The van der Waals surface area contributed by atoms with Crippen LogP contribution in [0.3, 0.4) is 0 Å². The fraction of sp³-hybridized carbons (Fsp3) is 0.400. The van der Waals surface area contributed by atoms with E-state index in [9.17, 15) is 13.6 Å². The summed E-state index contributed by atoms with van der Waals surface area (Å²) in [6.07, 6.45) is -1.50. The van der Waals surface area contributed by atoms with E-state index in [0.717, 1.165) is 0 Å². The number of carbonyl (C=O) groups excluding carboxylic acids is 1. The number of aryl methyl sites for hydroxylation is 1. The van der Waals surface area contributed by atoms with Crippen molar-refractivity contribution in [2.24, 2.45) is 0 Å². The summed E-state index contributed by atoms with van der Waals surface area (Å²) in [5, 5.41) is 0. The molecule has 16 heavy (non-hydrogen) atoms. The minimum absolute atomic E-state index is 0.108. The predicted octanol–water partition coefficient (Wildman–Crippen LogP) is 3.27. The van der Waals surface area contributed by atoms with Crippen LogP contribution < -0.4 is 0 Å². The van der Waals surface area contributed by atoms with E-state index in [1.54, 1.807) is 6.92 Å². The molecule has 0 unspecified atom stereocenters. The van der Waals surface area contributed by atoms with Gasteiger partial charge in [0, 0.05) is 16.2 Å². The number of alkyl halides is 2. The van der Waals surface area contributed by atoms with Crippen molar-refractivity contribution in [3.05, 3.63) is 27.5 Å². The summed E-state index contributed by atoms with van der Waals surface area (Å²) in [5.41, 5.74) is -0.297. The van der Waals surface area contributed by atoms with Crippen LogP contribution in [0.5, 0.6) is 0 Å². The quantitative estimate of drug-likeness (QED) is 0.803. The molecule has 0 bridgehead atoms. The Kier molecular flexibility index (Phi) is 4.35. The lowest BCUT2D eigenvalue weighted by atomic mass is 10.1. The molecular weight excluding hydrogens is 284 g/mol. The second-order valence-electron chi connectivity index (χ2n) is 3.00. The summed E-state index contributed by atoms with van der Waals surface area (Å²) in [7, 11) is 0. The number of halogens is 3. The largest absolute Gasteiger partial charge is 0.462 e. The van der Waals surface area contributed by atoms with Crippen molar-refractivity contribution in [1.82, 2.24) is 4.98 Å². The van der Waals surface area contributed by atoms with Gasteiger partial charge in [0.1, 0.15) is 0 Å². The molecule has 0 saturated carbocycles. The van der Waals surface area contributed by atoms with Crippen molar-refractivity contribution >= 4 is 21.9 Å². The summed E-state index contributed by atoms with van der Waals surface area (Å²) in [4.78, 5) is 15.4. The van der Waals surface area contributed by atoms with Crippen molar-refractivity contribution in [2.75, 3.05) is 6.61 Å². The number of aromatic nitrogens is 1. The number of nitrogens with zero attached hydrogens (tertiary/aromatic N) is 1. The van der Waals surface area contributed by atoms with Crippen molar-refractivity contribution in [1.29, 1.82) is 0 Å². The fourth-order valence-electron chi connectivity index (χ4n) is 1.28. The van der Waals surface area contributed by atoms with Crippen LogP contribution in [0.1, 0.15) is 35.0 Å². The molecule has 0 fully saturated rings. The fourth-order valence-corrected chi connectivity index (χ4v) is 1.75. The van der Waals surface area contributed by atoms with E-state index < -0.39 is 12.4 Å². The number of ether oxygens (including phenoxy) is 1. The summed E-state index contributed by atoms with van der Waals surface area (Å²) in [6.45, 7) is 3.23. The number of esters is 1. The van der Waals surface area contributed by atoms with Crippen LogP contribution in [0.25, 0.3) is 0 Å². The first-order valence-electron chi connectivity index (χ1n) is 4.59. The van der Waals surface area contributed by atoms with Crippen LogP contribution in [0.4, 0.5) is 8.78 Å². The van der Waals surface area contributed by atoms with Gasteiger partial charge >= 0.3 is 5.97 Å². The van der Waals surface area contributed by atoms with E-state index in [-0.39, 0.29) is 27.9 Å². The highest BCUT2D eigenvalue weighted by atomic mass is 79.9. The molecule has 0 N–H and O–H groups in total. The molecular formula is C10H10BrF2NO2. The first-order chi connectivity index (χ1) is 7.49. The highest BCUT2D eigenvalue weighted by Gasteiger charge is 2.25. The van der Waals surface area contributed by atoms with E-state index in [1.165, 1.54) is 13.1 Å². The van der Waals surface area contributed by atoms with Gasteiger partial charge in [0.25, 0.3) is 6.43 Å². The lowest BCUT2D eigenvalue weighted by Crippen LogP contribution is -2.12. The molecule has 0 aliphatic heterocycles. The molecule has 0 aliphatic rings. The van der Waals surface area contributed by atoms with Gasteiger partial charge in [-0.15, -0.1) is 0 Å². The molecule has 0 saturated heterocycles. The van der Waals surface area contributed by atoms with E-state index in [0.29, 0.717) is 0 Å².